The highest BCUT2D eigenvalue weighted by atomic mass is 79.9. The average Bonchev–Trinajstić information content (AvgIpc) is 2.79. The van der Waals surface area contributed by atoms with Crippen molar-refractivity contribution in [1.29, 1.82) is 0 Å². The van der Waals surface area contributed by atoms with Crippen LogP contribution in [0.3, 0.4) is 0 Å². The van der Waals surface area contributed by atoms with Crippen molar-refractivity contribution in [2.75, 3.05) is 13.7 Å². The van der Waals surface area contributed by atoms with Crippen LogP contribution in [0.5, 0.6) is 0 Å². The first-order valence-corrected chi connectivity index (χ1v) is 11.5. The highest BCUT2D eigenvalue weighted by molar-refractivity contribution is 9.10. The minimum atomic E-state index is -1.14. The largest absolute Gasteiger partial charge is 0.464 e. The first kappa shape index (κ1) is 17.1. The third-order valence-electron chi connectivity index (χ3n) is 3.15. The van der Waals surface area contributed by atoms with Crippen LogP contribution in [-0.4, -0.2) is 42.5 Å². The maximum absolute atomic E-state index is 12.0. The van der Waals surface area contributed by atoms with Gasteiger partial charge in [-0.3, -0.25) is 0 Å². The summed E-state index contributed by atoms with van der Waals surface area (Å²) in [7, 11) is 0.208. The van der Waals surface area contributed by atoms with Crippen LogP contribution in [-0.2, 0) is 16.2 Å². The highest BCUT2D eigenvalue weighted by Crippen LogP contribution is 2.21. The molecule has 120 valence electrons. The van der Waals surface area contributed by atoms with E-state index < -0.39 is 14.0 Å². The van der Waals surface area contributed by atoms with E-state index in [-0.39, 0.29) is 6.73 Å². The molecule has 0 aliphatic rings. The van der Waals surface area contributed by atoms with Gasteiger partial charge in [-0.1, -0.05) is 19.6 Å². The number of methoxy groups -OCH3 is 1. The molecule has 2 aromatic heterocycles. The Bertz CT molecular complexity index is 682. The number of pyridine rings is 1. The summed E-state index contributed by atoms with van der Waals surface area (Å²) in [5.74, 6) is -0.448. The van der Waals surface area contributed by atoms with E-state index in [2.05, 4.69) is 45.7 Å². The fraction of sp³-hybridized carbons (Fsp3) is 0.500. The van der Waals surface area contributed by atoms with E-state index in [1.54, 1.807) is 12.3 Å². The zero-order chi connectivity index (χ0) is 16.3. The molecule has 0 atom stereocenters. The molecule has 0 amide bonds. The number of halogens is 1. The zero-order valence-electron chi connectivity index (χ0n) is 13.2. The molecule has 0 saturated carbocycles. The molecule has 0 saturated heterocycles. The SMILES string of the molecule is COC(=O)c1c2cc(Br)cnc2nn1COCC[Si](C)(C)C. The topological polar surface area (TPSA) is 66.2 Å². The van der Waals surface area contributed by atoms with Crippen molar-refractivity contribution in [2.45, 2.75) is 32.4 Å². The predicted molar refractivity (Wildman–Crippen MR) is 90.7 cm³/mol. The molecular weight excluding hydrogens is 366 g/mol. The molecule has 0 fully saturated rings. The van der Waals surface area contributed by atoms with Gasteiger partial charge in [-0.2, -0.15) is 0 Å². The molecule has 2 heterocycles. The van der Waals surface area contributed by atoms with Crippen LogP contribution in [0.15, 0.2) is 16.7 Å². The van der Waals surface area contributed by atoms with E-state index in [1.807, 2.05) is 0 Å². The molecule has 0 aromatic carbocycles. The lowest BCUT2D eigenvalue weighted by Crippen LogP contribution is -2.22. The second-order valence-corrected chi connectivity index (χ2v) is 12.7. The van der Waals surface area contributed by atoms with Gasteiger partial charge in [0, 0.05) is 25.4 Å². The van der Waals surface area contributed by atoms with Crippen LogP contribution in [0.1, 0.15) is 10.5 Å². The molecule has 0 radical (unpaired) electrons. The summed E-state index contributed by atoms with van der Waals surface area (Å²) in [5, 5.41) is 4.98. The van der Waals surface area contributed by atoms with Gasteiger partial charge in [0.05, 0.1) is 12.5 Å². The maximum atomic E-state index is 12.0. The standard InChI is InChI=1S/C14H20BrN3O3Si/c1-20-14(19)12-11-7-10(15)8-16-13(11)17-18(12)9-21-5-6-22(2,3)4/h7-8H,5-6,9H2,1-4H3. The number of ether oxygens (including phenoxy) is 2. The molecular formula is C14H20BrN3O3Si. The number of carbonyl (C=O) groups excluding carboxylic acids is 1. The Morgan fingerprint density at radius 2 is 2.14 bits per heavy atom. The van der Waals surface area contributed by atoms with E-state index in [9.17, 15) is 4.79 Å². The van der Waals surface area contributed by atoms with Crippen molar-refractivity contribution in [3.05, 3.63) is 22.4 Å². The van der Waals surface area contributed by atoms with E-state index >= 15 is 0 Å². The van der Waals surface area contributed by atoms with Gasteiger partial charge < -0.3 is 9.47 Å². The molecule has 22 heavy (non-hydrogen) atoms. The number of hydrogen-bond acceptors (Lipinski definition) is 5. The smallest absolute Gasteiger partial charge is 0.357 e. The molecule has 6 nitrogen and oxygen atoms in total. The fourth-order valence-corrected chi connectivity index (χ4v) is 3.01. The number of aromatic nitrogens is 3. The van der Waals surface area contributed by atoms with Crippen LogP contribution in [0.2, 0.25) is 25.7 Å². The van der Waals surface area contributed by atoms with Gasteiger partial charge in [0.25, 0.3) is 0 Å². The van der Waals surface area contributed by atoms with Gasteiger partial charge in [0.2, 0.25) is 0 Å². The lowest BCUT2D eigenvalue weighted by molar-refractivity contribution is 0.0521. The minimum Gasteiger partial charge on any atom is -0.464 e. The van der Waals surface area contributed by atoms with Gasteiger partial charge in [-0.25, -0.2) is 14.5 Å². The Morgan fingerprint density at radius 3 is 2.77 bits per heavy atom. The quantitative estimate of drug-likeness (QED) is 0.433. The van der Waals surface area contributed by atoms with E-state index in [4.69, 9.17) is 9.47 Å². The van der Waals surface area contributed by atoms with E-state index in [0.29, 0.717) is 23.3 Å². The van der Waals surface area contributed by atoms with E-state index in [1.165, 1.54) is 11.8 Å². The number of fused-ring (bicyclic) bond motifs is 1. The number of hydrogen-bond donors (Lipinski definition) is 0. The summed E-state index contributed by atoms with van der Waals surface area (Å²) >= 11 is 3.35. The van der Waals surface area contributed by atoms with Gasteiger partial charge in [0.1, 0.15) is 6.73 Å². The molecule has 2 rings (SSSR count). The molecule has 0 aliphatic carbocycles. The zero-order valence-corrected chi connectivity index (χ0v) is 15.8. The summed E-state index contributed by atoms with van der Waals surface area (Å²) in [6.07, 6.45) is 1.65. The molecule has 0 N–H and O–H groups in total. The third kappa shape index (κ3) is 4.14. The van der Waals surface area contributed by atoms with Crippen LogP contribution < -0.4 is 0 Å². The summed E-state index contributed by atoms with van der Waals surface area (Å²) in [4.78, 5) is 16.2. The van der Waals surface area contributed by atoms with Crippen LogP contribution in [0, 0.1) is 0 Å². The van der Waals surface area contributed by atoms with Crippen molar-refractivity contribution in [3.63, 3.8) is 0 Å². The first-order valence-electron chi connectivity index (χ1n) is 7.00. The number of esters is 1. The normalized spacial score (nSPS) is 11.9. The number of rotatable bonds is 6. The van der Waals surface area contributed by atoms with Crippen molar-refractivity contribution in [2.24, 2.45) is 0 Å². The van der Waals surface area contributed by atoms with Crippen LogP contribution in [0.4, 0.5) is 0 Å². The lowest BCUT2D eigenvalue weighted by Gasteiger charge is -2.15. The molecule has 0 unspecified atom stereocenters. The summed E-state index contributed by atoms with van der Waals surface area (Å²) in [6, 6.07) is 2.87. The summed E-state index contributed by atoms with van der Waals surface area (Å²) in [5.41, 5.74) is 0.858. The van der Waals surface area contributed by atoms with Gasteiger partial charge in [-0.05, 0) is 28.0 Å². The second kappa shape index (κ2) is 6.89. The van der Waals surface area contributed by atoms with Gasteiger partial charge >= 0.3 is 5.97 Å². The van der Waals surface area contributed by atoms with Crippen LogP contribution >= 0.6 is 15.9 Å². The summed E-state index contributed by atoms with van der Waals surface area (Å²) < 4.78 is 12.8. The van der Waals surface area contributed by atoms with Gasteiger partial charge in [0.15, 0.2) is 11.3 Å². The number of carbonyl (C=O) groups is 1. The fourth-order valence-electron chi connectivity index (χ4n) is 1.92. The Kier molecular flexibility index (Phi) is 5.35. The Hall–Kier alpha value is -1.25. The Balaban J connectivity index is 2.23. The van der Waals surface area contributed by atoms with E-state index in [0.717, 1.165) is 10.5 Å². The summed E-state index contributed by atoms with van der Waals surface area (Å²) in [6.45, 7) is 7.74. The molecule has 0 bridgehead atoms. The van der Waals surface area contributed by atoms with Crippen molar-refractivity contribution in [1.82, 2.24) is 14.8 Å². The van der Waals surface area contributed by atoms with Crippen molar-refractivity contribution < 1.29 is 14.3 Å². The van der Waals surface area contributed by atoms with Crippen LogP contribution in [0.25, 0.3) is 11.0 Å². The second-order valence-electron chi connectivity index (χ2n) is 6.21. The Morgan fingerprint density at radius 1 is 1.41 bits per heavy atom. The maximum Gasteiger partial charge on any atom is 0.357 e. The monoisotopic (exact) mass is 385 g/mol. The molecule has 8 heteroatoms. The third-order valence-corrected chi connectivity index (χ3v) is 5.29. The first-order chi connectivity index (χ1) is 10.3. The highest BCUT2D eigenvalue weighted by Gasteiger charge is 2.20. The number of nitrogens with zero attached hydrogens (tertiary/aromatic N) is 3. The lowest BCUT2D eigenvalue weighted by atomic mass is 10.2. The van der Waals surface area contributed by atoms with Gasteiger partial charge in [-0.15, -0.1) is 5.10 Å². The molecule has 0 aliphatic heterocycles. The molecule has 2 aromatic rings. The average molecular weight is 386 g/mol. The van der Waals surface area contributed by atoms with Crippen molar-refractivity contribution in [3.8, 4) is 0 Å². The predicted octanol–water partition coefficient (Wildman–Crippen LogP) is 3.29. The Labute approximate surface area is 138 Å². The van der Waals surface area contributed by atoms with Crippen molar-refractivity contribution >= 4 is 41.0 Å². The molecule has 0 spiro atoms. The minimum absolute atomic E-state index is 0.211.